The summed E-state index contributed by atoms with van der Waals surface area (Å²) in [5.41, 5.74) is 2.37. The van der Waals surface area contributed by atoms with Crippen LogP contribution < -0.4 is 5.32 Å². The standard InChI is InChI=1S/C14H24N4O/c1-5-12-13-11(15-9-17(13)6-2)7-8-18(12)14(19)16-10(3)4/h9-10,12H,5-8H2,1-4H3,(H,16,19). The molecule has 2 amide bonds. The van der Waals surface area contributed by atoms with Gasteiger partial charge >= 0.3 is 6.03 Å². The third-order valence-corrected chi connectivity index (χ3v) is 3.64. The summed E-state index contributed by atoms with van der Waals surface area (Å²) in [7, 11) is 0. The Morgan fingerprint density at radius 3 is 2.84 bits per heavy atom. The molecule has 0 saturated carbocycles. The number of imidazole rings is 1. The van der Waals surface area contributed by atoms with Gasteiger partial charge in [-0.2, -0.15) is 0 Å². The van der Waals surface area contributed by atoms with Crippen molar-refractivity contribution in [1.29, 1.82) is 0 Å². The van der Waals surface area contributed by atoms with E-state index in [1.807, 2.05) is 25.1 Å². The van der Waals surface area contributed by atoms with Crippen molar-refractivity contribution in [3.05, 3.63) is 17.7 Å². The lowest BCUT2D eigenvalue weighted by Crippen LogP contribution is -2.47. The van der Waals surface area contributed by atoms with Crippen LogP contribution in [0, 0.1) is 0 Å². The number of carbonyl (C=O) groups excluding carboxylic acids is 1. The first-order valence-corrected chi connectivity index (χ1v) is 7.19. The van der Waals surface area contributed by atoms with E-state index in [9.17, 15) is 4.79 Å². The minimum atomic E-state index is 0.0383. The Labute approximate surface area is 115 Å². The van der Waals surface area contributed by atoms with Crippen molar-refractivity contribution in [2.45, 2.75) is 59.2 Å². The van der Waals surface area contributed by atoms with Crippen LogP contribution in [0.1, 0.15) is 51.5 Å². The Kier molecular flexibility index (Phi) is 4.12. The number of nitrogens with one attached hydrogen (secondary N) is 1. The van der Waals surface area contributed by atoms with Gasteiger partial charge in [0, 0.05) is 25.6 Å². The Bertz CT molecular complexity index is 439. The second-order valence-electron chi connectivity index (χ2n) is 5.33. The van der Waals surface area contributed by atoms with Crippen molar-refractivity contribution in [3.63, 3.8) is 0 Å². The molecule has 1 aliphatic heterocycles. The number of urea groups is 1. The van der Waals surface area contributed by atoms with Gasteiger partial charge in [-0.05, 0) is 27.2 Å². The zero-order valence-corrected chi connectivity index (χ0v) is 12.3. The van der Waals surface area contributed by atoms with Crippen LogP contribution in [0.4, 0.5) is 4.79 Å². The van der Waals surface area contributed by atoms with Crippen LogP contribution in [-0.4, -0.2) is 33.1 Å². The molecule has 0 bridgehead atoms. The average molecular weight is 264 g/mol. The van der Waals surface area contributed by atoms with Crippen LogP contribution in [0.25, 0.3) is 0 Å². The van der Waals surface area contributed by atoms with Crippen LogP contribution in [0.15, 0.2) is 6.33 Å². The van der Waals surface area contributed by atoms with Crippen LogP contribution in [0.3, 0.4) is 0 Å². The maximum absolute atomic E-state index is 12.3. The van der Waals surface area contributed by atoms with E-state index in [-0.39, 0.29) is 18.1 Å². The van der Waals surface area contributed by atoms with Gasteiger partial charge in [0.1, 0.15) is 0 Å². The molecule has 2 heterocycles. The molecule has 1 atom stereocenters. The molecule has 0 aromatic carbocycles. The quantitative estimate of drug-likeness (QED) is 0.911. The fraction of sp³-hybridized carbons (Fsp3) is 0.714. The van der Waals surface area contributed by atoms with Crippen molar-refractivity contribution < 1.29 is 4.79 Å². The van der Waals surface area contributed by atoms with Gasteiger partial charge in [0.05, 0.1) is 23.8 Å². The lowest BCUT2D eigenvalue weighted by atomic mass is 10.0. The highest BCUT2D eigenvalue weighted by atomic mass is 16.2. The van der Waals surface area contributed by atoms with E-state index >= 15 is 0 Å². The molecule has 19 heavy (non-hydrogen) atoms. The molecule has 5 nitrogen and oxygen atoms in total. The lowest BCUT2D eigenvalue weighted by Gasteiger charge is -2.36. The minimum absolute atomic E-state index is 0.0383. The maximum atomic E-state index is 12.3. The molecule has 0 saturated heterocycles. The summed E-state index contributed by atoms with van der Waals surface area (Å²) in [4.78, 5) is 18.7. The minimum Gasteiger partial charge on any atom is -0.336 e. The number of rotatable bonds is 3. The van der Waals surface area contributed by atoms with Gasteiger partial charge in [-0.15, -0.1) is 0 Å². The van der Waals surface area contributed by atoms with Gasteiger partial charge in [-0.1, -0.05) is 6.92 Å². The molecule has 0 spiro atoms. The normalized spacial score (nSPS) is 18.6. The molecule has 0 aliphatic carbocycles. The summed E-state index contributed by atoms with van der Waals surface area (Å²) >= 11 is 0. The Morgan fingerprint density at radius 1 is 1.53 bits per heavy atom. The number of nitrogens with zero attached hydrogens (tertiary/aromatic N) is 3. The van der Waals surface area contributed by atoms with E-state index in [2.05, 4.69) is 28.7 Å². The third kappa shape index (κ3) is 2.60. The van der Waals surface area contributed by atoms with E-state index in [4.69, 9.17) is 0 Å². The zero-order chi connectivity index (χ0) is 14.0. The lowest BCUT2D eigenvalue weighted by molar-refractivity contribution is 0.161. The van der Waals surface area contributed by atoms with Crippen LogP contribution in [0.2, 0.25) is 0 Å². The maximum Gasteiger partial charge on any atom is 0.318 e. The third-order valence-electron chi connectivity index (χ3n) is 3.64. The van der Waals surface area contributed by atoms with Crippen molar-refractivity contribution in [3.8, 4) is 0 Å². The molecular formula is C14H24N4O. The molecule has 1 aliphatic rings. The predicted molar refractivity (Wildman–Crippen MR) is 75.0 cm³/mol. The molecular weight excluding hydrogens is 240 g/mol. The first kappa shape index (κ1) is 13.9. The summed E-state index contributed by atoms with van der Waals surface area (Å²) in [5.74, 6) is 0. The summed E-state index contributed by atoms with van der Waals surface area (Å²) in [6, 6.07) is 0.351. The summed E-state index contributed by atoms with van der Waals surface area (Å²) < 4.78 is 2.16. The number of amides is 2. The van der Waals surface area contributed by atoms with Crippen LogP contribution in [0.5, 0.6) is 0 Å². The van der Waals surface area contributed by atoms with E-state index in [0.717, 1.165) is 31.6 Å². The van der Waals surface area contributed by atoms with E-state index in [1.165, 1.54) is 5.69 Å². The number of carbonyl (C=O) groups is 1. The van der Waals surface area contributed by atoms with Gasteiger partial charge in [-0.25, -0.2) is 9.78 Å². The summed E-state index contributed by atoms with van der Waals surface area (Å²) in [5, 5.41) is 2.99. The fourth-order valence-corrected chi connectivity index (χ4v) is 2.78. The molecule has 0 fully saturated rings. The van der Waals surface area contributed by atoms with E-state index < -0.39 is 0 Å². The van der Waals surface area contributed by atoms with Gasteiger partial charge in [0.2, 0.25) is 0 Å². The summed E-state index contributed by atoms with van der Waals surface area (Å²) in [6.07, 6.45) is 3.67. The Hall–Kier alpha value is -1.52. The monoisotopic (exact) mass is 264 g/mol. The van der Waals surface area contributed by atoms with Crippen LogP contribution in [-0.2, 0) is 13.0 Å². The van der Waals surface area contributed by atoms with Crippen molar-refractivity contribution in [2.24, 2.45) is 0 Å². The SMILES string of the molecule is CCC1c2c(ncn2CC)CCN1C(=O)NC(C)C. The van der Waals surface area contributed by atoms with Crippen molar-refractivity contribution in [2.75, 3.05) is 6.54 Å². The summed E-state index contributed by atoms with van der Waals surface area (Å²) in [6.45, 7) is 9.88. The molecule has 1 aromatic heterocycles. The predicted octanol–water partition coefficient (Wildman–Crippen LogP) is 2.33. The Morgan fingerprint density at radius 2 is 2.26 bits per heavy atom. The number of fused-ring (bicyclic) bond motifs is 1. The first-order chi connectivity index (χ1) is 9.08. The highest BCUT2D eigenvalue weighted by molar-refractivity contribution is 5.75. The molecule has 2 rings (SSSR count). The second kappa shape index (κ2) is 5.63. The first-order valence-electron chi connectivity index (χ1n) is 7.19. The highest BCUT2D eigenvalue weighted by Gasteiger charge is 2.32. The molecule has 1 aromatic rings. The molecule has 1 N–H and O–H groups in total. The van der Waals surface area contributed by atoms with Gasteiger partial charge in [0.25, 0.3) is 0 Å². The largest absolute Gasteiger partial charge is 0.336 e. The molecule has 5 heteroatoms. The molecule has 1 unspecified atom stereocenters. The number of aromatic nitrogens is 2. The van der Waals surface area contributed by atoms with Crippen LogP contribution >= 0.6 is 0 Å². The zero-order valence-electron chi connectivity index (χ0n) is 12.3. The van der Waals surface area contributed by atoms with Gasteiger partial charge < -0.3 is 14.8 Å². The number of hydrogen-bond acceptors (Lipinski definition) is 2. The smallest absolute Gasteiger partial charge is 0.318 e. The topological polar surface area (TPSA) is 50.2 Å². The highest BCUT2D eigenvalue weighted by Crippen LogP contribution is 2.31. The van der Waals surface area contributed by atoms with E-state index in [0.29, 0.717) is 0 Å². The van der Waals surface area contributed by atoms with Gasteiger partial charge in [0.15, 0.2) is 0 Å². The molecule has 106 valence electrons. The average Bonchev–Trinajstić information content (AvgIpc) is 2.79. The molecule has 0 radical (unpaired) electrons. The number of hydrogen-bond donors (Lipinski definition) is 1. The van der Waals surface area contributed by atoms with Crippen molar-refractivity contribution in [1.82, 2.24) is 19.8 Å². The Balaban J connectivity index is 2.27. The van der Waals surface area contributed by atoms with Gasteiger partial charge in [-0.3, -0.25) is 0 Å². The second-order valence-corrected chi connectivity index (χ2v) is 5.33. The fourth-order valence-electron chi connectivity index (χ4n) is 2.78. The number of aryl methyl sites for hydroxylation is 1. The van der Waals surface area contributed by atoms with E-state index in [1.54, 1.807) is 0 Å². The van der Waals surface area contributed by atoms with Crippen molar-refractivity contribution >= 4 is 6.03 Å².